The quantitative estimate of drug-likeness (QED) is 0.760. The van der Waals surface area contributed by atoms with E-state index >= 15 is 0 Å². The molecular weight excluding hydrogens is 226 g/mol. The zero-order valence-electron chi connectivity index (χ0n) is 11.8. The fourth-order valence-electron chi connectivity index (χ4n) is 2.49. The molecular formula is C14H27N3O. The SMILES string of the molecule is CC(C)CN1CCN(CC(=O)NCC2CC2)CC1. The lowest BCUT2D eigenvalue weighted by atomic mass is 10.2. The predicted octanol–water partition coefficient (Wildman–Crippen LogP) is 0.786. The highest BCUT2D eigenvalue weighted by Crippen LogP contribution is 2.27. The molecule has 0 spiro atoms. The summed E-state index contributed by atoms with van der Waals surface area (Å²) in [4.78, 5) is 16.5. The van der Waals surface area contributed by atoms with Gasteiger partial charge in [-0.1, -0.05) is 13.8 Å². The highest BCUT2D eigenvalue weighted by atomic mass is 16.2. The van der Waals surface area contributed by atoms with Crippen LogP contribution in [0.15, 0.2) is 0 Å². The van der Waals surface area contributed by atoms with Crippen molar-refractivity contribution in [3.63, 3.8) is 0 Å². The molecule has 0 atom stereocenters. The van der Waals surface area contributed by atoms with Crippen LogP contribution in [0.25, 0.3) is 0 Å². The van der Waals surface area contributed by atoms with Crippen LogP contribution in [0.1, 0.15) is 26.7 Å². The lowest BCUT2D eigenvalue weighted by Gasteiger charge is -2.35. The Morgan fingerprint density at radius 3 is 2.33 bits per heavy atom. The van der Waals surface area contributed by atoms with Gasteiger partial charge in [0.2, 0.25) is 5.91 Å². The van der Waals surface area contributed by atoms with E-state index < -0.39 is 0 Å². The number of hydrogen-bond acceptors (Lipinski definition) is 3. The molecule has 2 fully saturated rings. The van der Waals surface area contributed by atoms with Gasteiger partial charge in [0.05, 0.1) is 6.54 Å². The molecule has 1 amide bonds. The number of carbonyl (C=O) groups excluding carboxylic acids is 1. The van der Waals surface area contributed by atoms with Gasteiger partial charge in [0.15, 0.2) is 0 Å². The molecule has 0 radical (unpaired) electrons. The van der Waals surface area contributed by atoms with Crippen LogP contribution in [0.4, 0.5) is 0 Å². The first-order chi connectivity index (χ1) is 8.63. The van der Waals surface area contributed by atoms with Gasteiger partial charge in [0.1, 0.15) is 0 Å². The van der Waals surface area contributed by atoms with E-state index in [0.29, 0.717) is 6.54 Å². The van der Waals surface area contributed by atoms with Crippen LogP contribution in [0.2, 0.25) is 0 Å². The summed E-state index contributed by atoms with van der Waals surface area (Å²) in [5, 5.41) is 3.04. The van der Waals surface area contributed by atoms with Crippen molar-refractivity contribution in [1.29, 1.82) is 0 Å². The third-order valence-corrected chi connectivity index (χ3v) is 3.74. The molecule has 1 heterocycles. The van der Waals surface area contributed by atoms with Crippen molar-refractivity contribution in [1.82, 2.24) is 15.1 Å². The van der Waals surface area contributed by atoms with Crippen LogP contribution in [0, 0.1) is 11.8 Å². The summed E-state index contributed by atoms with van der Waals surface area (Å²) >= 11 is 0. The lowest BCUT2D eigenvalue weighted by Crippen LogP contribution is -2.50. The van der Waals surface area contributed by atoms with Gasteiger partial charge in [-0.3, -0.25) is 9.69 Å². The summed E-state index contributed by atoms with van der Waals surface area (Å²) < 4.78 is 0. The van der Waals surface area contributed by atoms with E-state index in [0.717, 1.165) is 44.6 Å². The fourth-order valence-corrected chi connectivity index (χ4v) is 2.49. The predicted molar refractivity (Wildman–Crippen MR) is 73.5 cm³/mol. The second kappa shape index (κ2) is 6.53. The molecule has 0 aromatic carbocycles. The molecule has 0 bridgehead atoms. The molecule has 1 aliphatic carbocycles. The van der Waals surface area contributed by atoms with Crippen LogP contribution in [0.5, 0.6) is 0 Å². The number of amides is 1. The summed E-state index contributed by atoms with van der Waals surface area (Å²) in [7, 11) is 0. The third-order valence-electron chi connectivity index (χ3n) is 3.74. The van der Waals surface area contributed by atoms with Crippen molar-refractivity contribution in [3.8, 4) is 0 Å². The minimum absolute atomic E-state index is 0.208. The van der Waals surface area contributed by atoms with E-state index in [9.17, 15) is 4.79 Å². The highest BCUT2D eigenvalue weighted by Gasteiger charge is 2.23. The molecule has 1 saturated heterocycles. The van der Waals surface area contributed by atoms with Crippen molar-refractivity contribution >= 4 is 5.91 Å². The topological polar surface area (TPSA) is 35.6 Å². The van der Waals surface area contributed by atoms with Crippen molar-refractivity contribution in [2.24, 2.45) is 11.8 Å². The third kappa shape index (κ3) is 4.94. The molecule has 1 saturated carbocycles. The van der Waals surface area contributed by atoms with Gasteiger partial charge in [-0.15, -0.1) is 0 Å². The molecule has 2 aliphatic rings. The molecule has 1 aliphatic heterocycles. The Hall–Kier alpha value is -0.610. The molecule has 0 aromatic rings. The molecule has 2 rings (SSSR count). The van der Waals surface area contributed by atoms with Crippen LogP contribution in [-0.4, -0.2) is 61.5 Å². The van der Waals surface area contributed by atoms with E-state index in [-0.39, 0.29) is 5.91 Å². The molecule has 4 nitrogen and oxygen atoms in total. The lowest BCUT2D eigenvalue weighted by molar-refractivity contribution is -0.122. The second-order valence-electron chi connectivity index (χ2n) is 6.22. The number of rotatable bonds is 6. The molecule has 0 unspecified atom stereocenters. The average molecular weight is 253 g/mol. The Kier molecular flexibility index (Phi) is 5.01. The first-order valence-corrected chi connectivity index (χ1v) is 7.35. The minimum atomic E-state index is 0.208. The molecule has 18 heavy (non-hydrogen) atoms. The summed E-state index contributed by atoms with van der Waals surface area (Å²) in [6, 6.07) is 0. The molecule has 104 valence electrons. The van der Waals surface area contributed by atoms with E-state index in [1.807, 2.05) is 0 Å². The Balaban J connectivity index is 1.58. The van der Waals surface area contributed by atoms with Gasteiger partial charge in [-0.2, -0.15) is 0 Å². The first kappa shape index (κ1) is 13.8. The first-order valence-electron chi connectivity index (χ1n) is 7.35. The number of nitrogens with one attached hydrogen (secondary N) is 1. The Bertz CT molecular complexity index is 268. The average Bonchev–Trinajstić information content (AvgIpc) is 3.12. The summed E-state index contributed by atoms with van der Waals surface area (Å²) in [5.74, 6) is 1.72. The van der Waals surface area contributed by atoms with E-state index in [2.05, 4.69) is 29.0 Å². The normalized spacial score (nSPS) is 22.4. The van der Waals surface area contributed by atoms with Gasteiger partial charge in [-0.25, -0.2) is 0 Å². The summed E-state index contributed by atoms with van der Waals surface area (Å²) in [5.41, 5.74) is 0. The maximum Gasteiger partial charge on any atom is 0.234 e. The van der Waals surface area contributed by atoms with Crippen molar-refractivity contribution in [2.75, 3.05) is 45.8 Å². The van der Waals surface area contributed by atoms with Crippen LogP contribution in [-0.2, 0) is 4.79 Å². The minimum Gasteiger partial charge on any atom is -0.355 e. The van der Waals surface area contributed by atoms with Crippen molar-refractivity contribution in [3.05, 3.63) is 0 Å². The number of nitrogens with zero attached hydrogens (tertiary/aromatic N) is 2. The number of piperazine rings is 1. The summed E-state index contributed by atoms with van der Waals surface area (Å²) in [6.45, 7) is 11.5. The molecule has 4 heteroatoms. The van der Waals surface area contributed by atoms with Gasteiger partial charge >= 0.3 is 0 Å². The maximum atomic E-state index is 11.7. The molecule has 0 aromatic heterocycles. The second-order valence-corrected chi connectivity index (χ2v) is 6.22. The summed E-state index contributed by atoms with van der Waals surface area (Å²) in [6.07, 6.45) is 2.60. The van der Waals surface area contributed by atoms with E-state index in [1.165, 1.54) is 19.4 Å². The Morgan fingerprint density at radius 2 is 1.78 bits per heavy atom. The Morgan fingerprint density at radius 1 is 1.17 bits per heavy atom. The van der Waals surface area contributed by atoms with Gasteiger partial charge in [0, 0.05) is 39.3 Å². The van der Waals surface area contributed by atoms with E-state index in [4.69, 9.17) is 0 Å². The van der Waals surface area contributed by atoms with Crippen LogP contribution in [0.3, 0.4) is 0 Å². The molecule has 1 N–H and O–H groups in total. The van der Waals surface area contributed by atoms with Crippen LogP contribution >= 0.6 is 0 Å². The monoisotopic (exact) mass is 253 g/mol. The smallest absolute Gasteiger partial charge is 0.234 e. The van der Waals surface area contributed by atoms with Gasteiger partial charge < -0.3 is 10.2 Å². The largest absolute Gasteiger partial charge is 0.355 e. The van der Waals surface area contributed by atoms with Crippen molar-refractivity contribution in [2.45, 2.75) is 26.7 Å². The zero-order chi connectivity index (χ0) is 13.0. The van der Waals surface area contributed by atoms with Crippen molar-refractivity contribution < 1.29 is 4.79 Å². The van der Waals surface area contributed by atoms with Crippen LogP contribution < -0.4 is 5.32 Å². The number of hydrogen-bond donors (Lipinski definition) is 1. The zero-order valence-corrected chi connectivity index (χ0v) is 11.8. The highest BCUT2D eigenvalue weighted by molar-refractivity contribution is 5.78. The van der Waals surface area contributed by atoms with Gasteiger partial charge in [0.25, 0.3) is 0 Å². The van der Waals surface area contributed by atoms with Gasteiger partial charge in [-0.05, 0) is 24.7 Å². The standard InChI is InChI=1S/C14H27N3O/c1-12(2)10-16-5-7-17(8-6-16)11-14(18)15-9-13-3-4-13/h12-13H,3-11H2,1-2H3,(H,15,18). The van der Waals surface area contributed by atoms with E-state index in [1.54, 1.807) is 0 Å². The number of carbonyl (C=O) groups is 1. The Labute approximate surface area is 111 Å². The fraction of sp³-hybridized carbons (Fsp3) is 0.929. The maximum absolute atomic E-state index is 11.7.